The first-order valence-corrected chi connectivity index (χ1v) is 14.3. The fourth-order valence-corrected chi connectivity index (χ4v) is 5.24. The lowest BCUT2D eigenvalue weighted by molar-refractivity contribution is -0.137. The summed E-state index contributed by atoms with van der Waals surface area (Å²) in [5.74, 6) is -0.732. The number of thioether (sulfide) groups is 1. The third-order valence-electron chi connectivity index (χ3n) is 6.58. The number of benzene rings is 2. The molecule has 228 valence electrons. The van der Waals surface area contributed by atoms with Crippen molar-refractivity contribution in [2.24, 2.45) is 4.99 Å². The Kier molecular flexibility index (Phi) is 8.67. The average molecular weight is 627 g/mol. The Labute approximate surface area is 253 Å². The standard InChI is InChI=1S/C29H26F4N8O2S/c1-4-5-17-6-9-20(39(2)3)13-23(17)41-25(42)15-44-28(41)37-27(43)36-22-10-7-18(12-21(22)30)26-35-16-40(38-26)24-11-8-19(14-34-24)29(31,32)33/h6-14,16H,4-5,15H2,1-3H3,(H,36,43). The molecule has 3 heterocycles. The summed E-state index contributed by atoms with van der Waals surface area (Å²) in [4.78, 5) is 41.0. The van der Waals surface area contributed by atoms with Crippen LogP contribution >= 0.6 is 11.8 Å². The SMILES string of the molecule is CCCc1ccc(N(C)C)cc1N1C(=O)CSC1=NC(=O)Nc1ccc(-c2ncn(-c3ccc(C(F)(F)F)cn3)n2)cc1F. The molecule has 1 fully saturated rings. The van der Waals surface area contributed by atoms with Crippen molar-refractivity contribution in [2.75, 3.05) is 35.0 Å². The van der Waals surface area contributed by atoms with Crippen LogP contribution in [0.25, 0.3) is 17.2 Å². The molecule has 5 rings (SSSR count). The maximum atomic E-state index is 15.0. The maximum absolute atomic E-state index is 15.0. The topological polar surface area (TPSA) is 109 Å². The van der Waals surface area contributed by atoms with Crippen molar-refractivity contribution in [1.82, 2.24) is 19.7 Å². The van der Waals surface area contributed by atoms with E-state index in [4.69, 9.17) is 0 Å². The minimum atomic E-state index is -4.53. The molecule has 0 unspecified atom stereocenters. The van der Waals surface area contributed by atoms with Crippen LogP contribution in [-0.4, -0.2) is 56.7 Å². The van der Waals surface area contributed by atoms with Gasteiger partial charge in [0.15, 0.2) is 16.8 Å². The van der Waals surface area contributed by atoms with E-state index in [0.717, 1.165) is 58.7 Å². The largest absolute Gasteiger partial charge is 0.417 e. The van der Waals surface area contributed by atoms with Gasteiger partial charge in [0.25, 0.3) is 0 Å². The lowest BCUT2D eigenvalue weighted by Crippen LogP contribution is -2.31. The Morgan fingerprint density at radius 1 is 1.11 bits per heavy atom. The first-order valence-electron chi connectivity index (χ1n) is 13.4. The number of amides is 3. The number of anilines is 3. The lowest BCUT2D eigenvalue weighted by Gasteiger charge is -2.22. The molecule has 3 amide bonds. The number of alkyl halides is 3. The number of halogens is 4. The number of amidine groups is 1. The van der Waals surface area contributed by atoms with Crippen molar-refractivity contribution in [1.29, 1.82) is 0 Å². The second-order valence-corrected chi connectivity index (χ2v) is 10.9. The van der Waals surface area contributed by atoms with Crippen molar-refractivity contribution < 1.29 is 27.2 Å². The van der Waals surface area contributed by atoms with Crippen LogP contribution in [0.3, 0.4) is 0 Å². The van der Waals surface area contributed by atoms with Gasteiger partial charge in [-0.2, -0.15) is 18.2 Å². The Bertz CT molecular complexity index is 1740. The maximum Gasteiger partial charge on any atom is 0.417 e. The minimum Gasteiger partial charge on any atom is -0.378 e. The van der Waals surface area contributed by atoms with Crippen LogP contribution in [0.2, 0.25) is 0 Å². The van der Waals surface area contributed by atoms with Gasteiger partial charge in [-0.15, -0.1) is 5.10 Å². The number of hydrogen-bond acceptors (Lipinski definition) is 7. The summed E-state index contributed by atoms with van der Waals surface area (Å²) in [6.07, 6.45) is -1.03. The Hall–Kier alpha value is -4.79. The Morgan fingerprint density at radius 2 is 1.91 bits per heavy atom. The number of aryl methyl sites for hydroxylation is 1. The van der Waals surface area contributed by atoms with Crippen molar-refractivity contribution >= 4 is 45.9 Å². The van der Waals surface area contributed by atoms with Gasteiger partial charge in [0.1, 0.15) is 12.1 Å². The van der Waals surface area contributed by atoms with Crippen LogP contribution in [-0.2, 0) is 17.4 Å². The monoisotopic (exact) mass is 626 g/mol. The zero-order chi connectivity index (χ0) is 31.6. The van der Waals surface area contributed by atoms with Gasteiger partial charge < -0.3 is 10.2 Å². The molecule has 1 aliphatic heterocycles. The highest BCUT2D eigenvalue weighted by atomic mass is 32.2. The molecule has 0 saturated carbocycles. The quantitative estimate of drug-likeness (QED) is 0.244. The molecule has 2 aromatic heterocycles. The van der Waals surface area contributed by atoms with Gasteiger partial charge in [-0.1, -0.05) is 31.2 Å². The highest BCUT2D eigenvalue weighted by Crippen LogP contribution is 2.34. The van der Waals surface area contributed by atoms with E-state index in [1.807, 2.05) is 44.1 Å². The zero-order valence-electron chi connectivity index (χ0n) is 23.8. The predicted molar refractivity (Wildman–Crippen MR) is 161 cm³/mol. The van der Waals surface area contributed by atoms with E-state index in [-0.39, 0.29) is 39.7 Å². The third kappa shape index (κ3) is 6.56. The molecule has 1 aliphatic rings. The second kappa shape index (κ2) is 12.4. The lowest BCUT2D eigenvalue weighted by atomic mass is 10.1. The average Bonchev–Trinajstić information content (AvgIpc) is 3.61. The molecule has 1 N–H and O–H groups in total. The summed E-state index contributed by atoms with van der Waals surface area (Å²) in [7, 11) is 3.78. The molecule has 4 aromatic rings. The number of carbonyl (C=O) groups is 2. The number of aromatic nitrogens is 4. The predicted octanol–water partition coefficient (Wildman–Crippen LogP) is 6.17. The summed E-state index contributed by atoms with van der Waals surface area (Å²) in [6.45, 7) is 2.03. The molecule has 0 spiro atoms. The Balaban J connectivity index is 1.33. The molecule has 0 atom stereocenters. The van der Waals surface area contributed by atoms with Crippen LogP contribution in [0.1, 0.15) is 24.5 Å². The molecule has 0 radical (unpaired) electrons. The second-order valence-electron chi connectivity index (χ2n) is 9.91. The number of nitrogens with zero attached hydrogens (tertiary/aromatic N) is 7. The molecule has 2 aromatic carbocycles. The van der Waals surface area contributed by atoms with Gasteiger partial charge in [-0.25, -0.2) is 23.8 Å². The van der Waals surface area contributed by atoms with Gasteiger partial charge in [0.2, 0.25) is 5.91 Å². The van der Waals surface area contributed by atoms with Gasteiger partial charge in [-0.3, -0.25) is 9.69 Å². The normalized spacial score (nSPS) is 14.4. The highest BCUT2D eigenvalue weighted by Gasteiger charge is 2.33. The number of aliphatic imine (C=N–C) groups is 1. The first-order chi connectivity index (χ1) is 20.9. The first kappa shape index (κ1) is 30.7. The summed E-state index contributed by atoms with van der Waals surface area (Å²) in [5, 5.41) is 6.76. The highest BCUT2D eigenvalue weighted by molar-refractivity contribution is 8.15. The molecular formula is C29H26F4N8O2S. The summed E-state index contributed by atoms with van der Waals surface area (Å²) < 4.78 is 54.6. The van der Waals surface area contributed by atoms with E-state index in [1.165, 1.54) is 23.4 Å². The molecule has 44 heavy (non-hydrogen) atoms. The molecule has 0 aliphatic carbocycles. The van der Waals surface area contributed by atoms with E-state index in [2.05, 4.69) is 25.4 Å². The molecular weight excluding hydrogens is 600 g/mol. The van der Waals surface area contributed by atoms with E-state index >= 15 is 4.39 Å². The number of nitrogens with one attached hydrogen (secondary N) is 1. The molecule has 10 nitrogen and oxygen atoms in total. The van der Waals surface area contributed by atoms with Crippen molar-refractivity contribution in [3.8, 4) is 17.2 Å². The molecule has 1 saturated heterocycles. The fourth-order valence-electron chi connectivity index (χ4n) is 4.38. The van der Waals surface area contributed by atoms with E-state index in [1.54, 1.807) is 0 Å². The van der Waals surface area contributed by atoms with Gasteiger partial charge >= 0.3 is 12.2 Å². The minimum absolute atomic E-state index is 0.0862. The third-order valence-corrected chi connectivity index (χ3v) is 7.50. The number of pyridine rings is 1. The van der Waals surface area contributed by atoms with Crippen molar-refractivity contribution in [3.05, 3.63) is 78.0 Å². The summed E-state index contributed by atoms with van der Waals surface area (Å²) in [5.41, 5.74) is 1.66. The zero-order valence-corrected chi connectivity index (χ0v) is 24.6. The van der Waals surface area contributed by atoms with Crippen molar-refractivity contribution in [3.63, 3.8) is 0 Å². The van der Waals surface area contributed by atoms with Crippen LogP contribution in [0.4, 0.5) is 39.4 Å². The van der Waals surface area contributed by atoms with Gasteiger partial charge in [-0.05, 0) is 54.4 Å². The van der Waals surface area contributed by atoms with E-state index < -0.39 is 23.6 Å². The van der Waals surface area contributed by atoms with Crippen LogP contribution in [0.5, 0.6) is 0 Å². The van der Waals surface area contributed by atoms with Gasteiger partial charge in [0.05, 0.1) is 22.7 Å². The molecule has 0 bridgehead atoms. The molecule has 15 heteroatoms. The number of rotatable bonds is 7. The fraction of sp³-hybridized carbons (Fsp3) is 0.241. The van der Waals surface area contributed by atoms with Crippen molar-refractivity contribution in [2.45, 2.75) is 25.9 Å². The van der Waals surface area contributed by atoms with E-state index in [9.17, 15) is 22.8 Å². The summed E-state index contributed by atoms with van der Waals surface area (Å²) in [6, 6.07) is 10.8. The number of carbonyl (C=O) groups excluding carboxylic acids is 2. The van der Waals surface area contributed by atoms with E-state index in [0.29, 0.717) is 11.9 Å². The van der Waals surface area contributed by atoms with Crippen LogP contribution in [0.15, 0.2) is 66.0 Å². The summed E-state index contributed by atoms with van der Waals surface area (Å²) >= 11 is 1.12. The number of urea groups is 1. The Morgan fingerprint density at radius 3 is 2.57 bits per heavy atom. The van der Waals surface area contributed by atoms with Crippen LogP contribution in [0, 0.1) is 5.82 Å². The smallest absolute Gasteiger partial charge is 0.378 e. The van der Waals surface area contributed by atoms with Gasteiger partial charge in [0, 0.05) is 31.5 Å². The van der Waals surface area contributed by atoms with Crippen LogP contribution < -0.4 is 15.1 Å². The number of hydrogen-bond donors (Lipinski definition) is 1.